The van der Waals surface area contributed by atoms with E-state index in [1.54, 1.807) is 11.3 Å². The monoisotopic (exact) mass is 297 g/mol. The van der Waals surface area contributed by atoms with Crippen LogP contribution in [0.5, 0.6) is 0 Å². The Labute approximate surface area is 124 Å². The third-order valence-electron chi connectivity index (χ3n) is 3.76. The maximum atomic E-state index is 12.3. The summed E-state index contributed by atoms with van der Waals surface area (Å²) in [7, 11) is 0. The number of aliphatic hydroxyl groups is 1. The van der Waals surface area contributed by atoms with Gasteiger partial charge in [-0.25, -0.2) is 9.78 Å². The number of aliphatic hydroxyl groups excluding tert-OH is 1. The van der Waals surface area contributed by atoms with Crippen LogP contribution in [0.3, 0.4) is 0 Å². The molecular weight excluding hydrogens is 274 g/mol. The summed E-state index contributed by atoms with van der Waals surface area (Å²) in [5, 5.41) is 13.1. The lowest BCUT2D eigenvalue weighted by molar-refractivity contribution is 0.131. The Kier molecular flexibility index (Phi) is 5.37. The second kappa shape index (κ2) is 7.04. The standard InChI is InChI=1S/C14H23N3O2S/c1-10-13(16-11(2)20-10)9-15-14(19)17-7-4-3-5-12(17)6-8-18/h12,18H,3-9H2,1-2H3,(H,15,19). The molecule has 1 unspecified atom stereocenters. The summed E-state index contributed by atoms with van der Waals surface area (Å²) >= 11 is 1.66. The van der Waals surface area contributed by atoms with Crippen LogP contribution in [0.1, 0.15) is 41.3 Å². The van der Waals surface area contributed by atoms with Crippen molar-refractivity contribution in [3.63, 3.8) is 0 Å². The summed E-state index contributed by atoms with van der Waals surface area (Å²) in [6.45, 7) is 5.41. The number of aryl methyl sites for hydroxylation is 2. The summed E-state index contributed by atoms with van der Waals surface area (Å²) < 4.78 is 0. The molecule has 2 N–H and O–H groups in total. The van der Waals surface area contributed by atoms with Gasteiger partial charge in [-0.3, -0.25) is 0 Å². The number of nitrogens with zero attached hydrogens (tertiary/aromatic N) is 2. The number of piperidine rings is 1. The topological polar surface area (TPSA) is 65.5 Å². The Bertz CT molecular complexity index is 459. The molecule has 2 amide bonds. The van der Waals surface area contributed by atoms with Gasteiger partial charge in [0.2, 0.25) is 0 Å². The van der Waals surface area contributed by atoms with Gasteiger partial charge in [-0.15, -0.1) is 11.3 Å². The van der Waals surface area contributed by atoms with Gasteiger partial charge in [-0.1, -0.05) is 0 Å². The first-order valence-corrected chi connectivity index (χ1v) is 8.01. The van der Waals surface area contributed by atoms with Crippen molar-refractivity contribution < 1.29 is 9.90 Å². The molecule has 1 atom stereocenters. The fraction of sp³-hybridized carbons (Fsp3) is 0.714. The molecule has 1 aliphatic rings. The van der Waals surface area contributed by atoms with Gasteiger partial charge in [-0.05, 0) is 39.5 Å². The molecule has 6 heteroatoms. The summed E-state index contributed by atoms with van der Waals surface area (Å²) in [4.78, 5) is 19.7. The van der Waals surface area contributed by atoms with Crippen LogP contribution in [0, 0.1) is 13.8 Å². The van der Waals surface area contributed by atoms with Crippen molar-refractivity contribution in [1.82, 2.24) is 15.2 Å². The highest BCUT2D eigenvalue weighted by atomic mass is 32.1. The van der Waals surface area contributed by atoms with Gasteiger partial charge < -0.3 is 15.3 Å². The third kappa shape index (κ3) is 3.70. The van der Waals surface area contributed by atoms with E-state index in [1.165, 1.54) is 0 Å². The van der Waals surface area contributed by atoms with Gasteiger partial charge in [0, 0.05) is 24.1 Å². The highest BCUT2D eigenvalue weighted by Crippen LogP contribution is 2.20. The zero-order valence-corrected chi connectivity index (χ0v) is 13.0. The maximum absolute atomic E-state index is 12.3. The second-order valence-electron chi connectivity index (χ2n) is 5.25. The molecule has 5 nitrogen and oxygen atoms in total. The molecule has 2 heterocycles. The van der Waals surface area contributed by atoms with Crippen LogP contribution >= 0.6 is 11.3 Å². The predicted molar refractivity (Wildman–Crippen MR) is 79.9 cm³/mol. The number of carbonyl (C=O) groups is 1. The Balaban J connectivity index is 1.91. The average molecular weight is 297 g/mol. The lowest BCUT2D eigenvalue weighted by Crippen LogP contribution is -2.48. The second-order valence-corrected chi connectivity index (χ2v) is 6.66. The summed E-state index contributed by atoms with van der Waals surface area (Å²) in [6, 6.07) is 0.139. The summed E-state index contributed by atoms with van der Waals surface area (Å²) in [6.07, 6.45) is 3.84. The minimum absolute atomic E-state index is 0.0341. The molecular formula is C14H23N3O2S. The third-order valence-corrected chi connectivity index (χ3v) is 4.69. The Morgan fingerprint density at radius 1 is 1.50 bits per heavy atom. The molecule has 0 aliphatic carbocycles. The first kappa shape index (κ1) is 15.3. The summed E-state index contributed by atoms with van der Waals surface area (Å²) in [5.74, 6) is 0. The van der Waals surface area contributed by atoms with Crippen LogP contribution in [0.25, 0.3) is 0 Å². The van der Waals surface area contributed by atoms with E-state index in [-0.39, 0.29) is 18.7 Å². The quantitative estimate of drug-likeness (QED) is 0.895. The molecule has 1 aromatic rings. The van der Waals surface area contributed by atoms with Crippen molar-refractivity contribution in [1.29, 1.82) is 0 Å². The zero-order chi connectivity index (χ0) is 14.5. The van der Waals surface area contributed by atoms with Gasteiger partial charge >= 0.3 is 6.03 Å². The van der Waals surface area contributed by atoms with Gasteiger partial charge in [-0.2, -0.15) is 0 Å². The molecule has 0 radical (unpaired) electrons. The fourth-order valence-corrected chi connectivity index (χ4v) is 3.55. The number of nitrogens with one attached hydrogen (secondary N) is 1. The molecule has 0 saturated carbocycles. The van der Waals surface area contributed by atoms with E-state index < -0.39 is 0 Å². The van der Waals surface area contributed by atoms with Gasteiger partial charge in [0.15, 0.2) is 0 Å². The minimum atomic E-state index is -0.0341. The Morgan fingerprint density at radius 2 is 2.30 bits per heavy atom. The average Bonchev–Trinajstić information content (AvgIpc) is 2.75. The molecule has 1 saturated heterocycles. The molecule has 0 bridgehead atoms. The molecule has 1 fully saturated rings. The van der Waals surface area contributed by atoms with E-state index in [1.807, 2.05) is 18.7 Å². The number of rotatable bonds is 4. The molecule has 2 rings (SSSR count). The van der Waals surface area contributed by atoms with E-state index in [0.29, 0.717) is 13.0 Å². The van der Waals surface area contributed by atoms with Gasteiger partial charge in [0.25, 0.3) is 0 Å². The highest BCUT2D eigenvalue weighted by molar-refractivity contribution is 7.11. The van der Waals surface area contributed by atoms with E-state index >= 15 is 0 Å². The lowest BCUT2D eigenvalue weighted by atomic mass is 10.0. The van der Waals surface area contributed by atoms with Crippen molar-refractivity contribution in [2.45, 2.75) is 52.1 Å². The van der Waals surface area contributed by atoms with E-state index in [4.69, 9.17) is 5.11 Å². The van der Waals surface area contributed by atoms with Crippen LogP contribution in [0.2, 0.25) is 0 Å². The molecule has 20 heavy (non-hydrogen) atoms. The number of hydrogen-bond acceptors (Lipinski definition) is 4. The van der Waals surface area contributed by atoms with E-state index in [9.17, 15) is 4.79 Å². The minimum Gasteiger partial charge on any atom is -0.396 e. The summed E-state index contributed by atoms with van der Waals surface area (Å²) in [5.41, 5.74) is 0.955. The number of hydrogen-bond donors (Lipinski definition) is 2. The van der Waals surface area contributed by atoms with Crippen molar-refractivity contribution in [3.05, 3.63) is 15.6 Å². The number of likely N-dealkylation sites (tertiary alicyclic amines) is 1. The normalized spacial score (nSPS) is 19.1. The molecule has 1 aromatic heterocycles. The number of aromatic nitrogens is 1. The van der Waals surface area contributed by atoms with Crippen LogP contribution in [-0.4, -0.2) is 40.2 Å². The van der Waals surface area contributed by atoms with Crippen molar-refractivity contribution in [2.24, 2.45) is 0 Å². The van der Waals surface area contributed by atoms with Crippen LogP contribution < -0.4 is 5.32 Å². The number of amides is 2. The Hall–Kier alpha value is -1.14. The first-order valence-electron chi connectivity index (χ1n) is 7.20. The van der Waals surface area contributed by atoms with Crippen molar-refractivity contribution in [2.75, 3.05) is 13.2 Å². The maximum Gasteiger partial charge on any atom is 0.317 e. The lowest BCUT2D eigenvalue weighted by Gasteiger charge is -2.35. The molecule has 0 aromatic carbocycles. The fourth-order valence-electron chi connectivity index (χ4n) is 2.71. The van der Waals surface area contributed by atoms with Gasteiger partial charge in [0.05, 0.1) is 17.2 Å². The first-order chi connectivity index (χ1) is 9.61. The smallest absolute Gasteiger partial charge is 0.317 e. The number of thiazole rings is 1. The molecule has 0 spiro atoms. The SMILES string of the molecule is Cc1nc(CNC(=O)N2CCCCC2CCO)c(C)s1. The van der Waals surface area contributed by atoms with Gasteiger partial charge in [0.1, 0.15) is 0 Å². The van der Waals surface area contributed by atoms with Crippen LogP contribution in [0.4, 0.5) is 4.79 Å². The Morgan fingerprint density at radius 3 is 2.95 bits per heavy atom. The molecule has 1 aliphatic heterocycles. The van der Waals surface area contributed by atoms with E-state index in [0.717, 1.165) is 41.4 Å². The molecule has 112 valence electrons. The van der Waals surface area contributed by atoms with Crippen molar-refractivity contribution in [3.8, 4) is 0 Å². The van der Waals surface area contributed by atoms with Crippen LogP contribution in [0.15, 0.2) is 0 Å². The largest absolute Gasteiger partial charge is 0.396 e. The van der Waals surface area contributed by atoms with Crippen molar-refractivity contribution >= 4 is 17.4 Å². The predicted octanol–water partition coefficient (Wildman–Crippen LogP) is 2.21. The van der Waals surface area contributed by atoms with E-state index in [2.05, 4.69) is 10.3 Å². The number of carbonyl (C=O) groups excluding carboxylic acids is 1. The van der Waals surface area contributed by atoms with Crippen LogP contribution in [-0.2, 0) is 6.54 Å². The highest BCUT2D eigenvalue weighted by Gasteiger charge is 2.26. The number of urea groups is 1. The zero-order valence-electron chi connectivity index (χ0n) is 12.2.